The molecule has 0 aromatic rings. The minimum Gasteiger partial charge on any atom is -0.481 e. The van der Waals surface area contributed by atoms with E-state index >= 15 is 0 Å². The lowest BCUT2D eigenvalue weighted by molar-refractivity contribution is -0.140. The molecule has 0 aliphatic rings. The average Bonchev–Trinajstić information content (AvgIpc) is 2.30. The van der Waals surface area contributed by atoms with E-state index in [0.717, 1.165) is 0 Å². The molecule has 0 heterocycles. The van der Waals surface area contributed by atoms with E-state index in [1.165, 1.54) is 4.90 Å². The number of nitrogens with one attached hydrogen (secondary N) is 1. The molecule has 0 spiro atoms. The summed E-state index contributed by atoms with van der Waals surface area (Å²) in [6, 6.07) is -1.85. The Morgan fingerprint density at radius 2 is 2.00 bits per heavy atom. The van der Waals surface area contributed by atoms with Gasteiger partial charge in [0.1, 0.15) is 6.04 Å². The molecule has 0 aromatic carbocycles. The summed E-state index contributed by atoms with van der Waals surface area (Å²) in [5.74, 6) is -0.120. The van der Waals surface area contributed by atoms with Gasteiger partial charge in [0, 0.05) is 13.0 Å². The van der Waals surface area contributed by atoms with Crippen LogP contribution >= 0.6 is 0 Å². The molecule has 0 aliphatic heterocycles. The second-order valence-corrected chi connectivity index (χ2v) is 3.49. The Bertz CT molecular complexity index is 361. The van der Waals surface area contributed by atoms with Gasteiger partial charge < -0.3 is 20.4 Å². The maximum Gasteiger partial charge on any atom is 0.326 e. The zero-order valence-electron chi connectivity index (χ0n) is 10.0. The molecule has 0 bridgehead atoms. The molecular weight excluding hydrogens is 240 g/mol. The molecule has 0 aromatic heterocycles. The SMILES string of the molecule is C#CCN(CC)C(=O)N[C@@H](CCC(=O)O)C(=O)O. The third-order valence-corrected chi connectivity index (χ3v) is 2.19. The number of aliphatic carboxylic acids is 2. The molecule has 2 amide bonds. The Labute approximate surface area is 105 Å². The van der Waals surface area contributed by atoms with Gasteiger partial charge in [0.25, 0.3) is 0 Å². The number of carboxylic acids is 2. The van der Waals surface area contributed by atoms with Crippen molar-refractivity contribution in [3.8, 4) is 12.3 Å². The highest BCUT2D eigenvalue weighted by molar-refractivity contribution is 5.83. The van der Waals surface area contributed by atoms with Crippen molar-refractivity contribution in [3.63, 3.8) is 0 Å². The van der Waals surface area contributed by atoms with Crippen LogP contribution in [0, 0.1) is 12.3 Å². The molecule has 1 atom stereocenters. The van der Waals surface area contributed by atoms with Crippen molar-refractivity contribution in [3.05, 3.63) is 0 Å². The second kappa shape index (κ2) is 7.95. The maximum atomic E-state index is 11.6. The molecule has 7 heteroatoms. The number of hydrogen-bond donors (Lipinski definition) is 3. The normalized spacial score (nSPS) is 11.1. The first kappa shape index (κ1) is 15.8. The number of urea groups is 1. The fourth-order valence-electron chi connectivity index (χ4n) is 1.20. The monoisotopic (exact) mass is 256 g/mol. The molecule has 0 saturated carbocycles. The molecule has 100 valence electrons. The molecule has 0 fully saturated rings. The minimum atomic E-state index is -1.28. The van der Waals surface area contributed by atoms with Crippen molar-refractivity contribution in [1.29, 1.82) is 0 Å². The summed E-state index contributed by atoms with van der Waals surface area (Å²) in [6.45, 7) is 2.10. The number of carbonyl (C=O) groups excluding carboxylic acids is 1. The lowest BCUT2D eigenvalue weighted by Crippen LogP contribution is -2.48. The van der Waals surface area contributed by atoms with Crippen LogP contribution in [-0.2, 0) is 9.59 Å². The van der Waals surface area contributed by atoms with Gasteiger partial charge in [-0.1, -0.05) is 5.92 Å². The summed E-state index contributed by atoms with van der Waals surface area (Å²) in [4.78, 5) is 34.1. The molecule has 18 heavy (non-hydrogen) atoms. The van der Waals surface area contributed by atoms with Crippen LogP contribution in [0.2, 0.25) is 0 Å². The number of carboxylic acid groups (broad SMARTS) is 2. The van der Waals surface area contributed by atoms with Crippen molar-refractivity contribution in [2.24, 2.45) is 0 Å². The minimum absolute atomic E-state index is 0.0631. The van der Waals surface area contributed by atoms with Crippen LogP contribution in [0.5, 0.6) is 0 Å². The summed E-state index contributed by atoms with van der Waals surface area (Å²) in [5.41, 5.74) is 0. The summed E-state index contributed by atoms with van der Waals surface area (Å²) >= 11 is 0. The van der Waals surface area contributed by atoms with Gasteiger partial charge in [0.15, 0.2) is 0 Å². The van der Waals surface area contributed by atoms with E-state index in [0.29, 0.717) is 6.54 Å². The summed E-state index contributed by atoms with van der Waals surface area (Å²) < 4.78 is 0. The molecule has 0 aliphatic carbocycles. The Morgan fingerprint density at radius 3 is 2.39 bits per heavy atom. The van der Waals surface area contributed by atoms with Crippen LogP contribution in [0.1, 0.15) is 19.8 Å². The van der Waals surface area contributed by atoms with Crippen molar-refractivity contribution >= 4 is 18.0 Å². The lowest BCUT2D eigenvalue weighted by Gasteiger charge is -2.21. The van der Waals surface area contributed by atoms with Crippen molar-refractivity contribution in [1.82, 2.24) is 10.2 Å². The highest BCUT2D eigenvalue weighted by Crippen LogP contribution is 2.00. The van der Waals surface area contributed by atoms with E-state index in [4.69, 9.17) is 16.6 Å². The van der Waals surface area contributed by atoms with Gasteiger partial charge in [-0.05, 0) is 13.3 Å². The van der Waals surface area contributed by atoms with E-state index in [1.54, 1.807) is 6.92 Å². The van der Waals surface area contributed by atoms with Gasteiger partial charge in [-0.3, -0.25) is 4.79 Å². The largest absolute Gasteiger partial charge is 0.481 e. The first-order valence-corrected chi connectivity index (χ1v) is 5.35. The predicted molar refractivity (Wildman–Crippen MR) is 62.9 cm³/mol. The Balaban J connectivity index is 4.48. The highest BCUT2D eigenvalue weighted by atomic mass is 16.4. The quantitative estimate of drug-likeness (QED) is 0.554. The zero-order chi connectivity index (χ0) is 14.1. The molecule has 7 nitrogen and oxygen atoms in total. The lowest BCUT2D eigenvalue weighted by atomic mass is 10.1. The summed E-state index contributed by atoms with van der Waals surface area (Å²) in [7, 11) is 0. The third-order valence-electron chi connectivity index (χ3n) is 2.19. The molecular formula is C11H16N2O5. The Morgan fingerprint density at radius 1 is 1.39 bits per heavy atom. The number of rotatable bonds is 7. The van der Waals surface area contributed by atoms with Crippen molar-refractivity contribution < 1.29 is 24.6 Å². The van der Waals surface area contributed by atoms with Crippen molar-refractivity contribution in [2.75, 3.05) is 13.1 Å². The maximum absolute atomic E-state index is 11.6. The van der Waals surface area contributed by atoms with Gasteiger partial charge in [0.2, 0.25) is 0 Å². The van der Waals surface area contributed by atoms with Crippen LogP contribution in [0.15, 0.2) is 0 Å². The smallest absolute Gasteiger partial charge is 0.326 e. The third kappa shape index (κ3) is 5.75. The van der Waals surface area contributed by atoms with E-state index in [1.807, 2.05) is 0 Å². The molecule has 0 rings (SSSR count). The topological polar surface area (TPSA) is 107 Å². The number of hydrogen-bond acceptors (Lipinski definition) is 3. The van der Waals surface area contributed by atoms with Crippen LogP contribution in [0.25, 0.3) is 0 Å². The van der Waals surface area contributed by atoms with Crippen LogP contribution in [0.3, 0.4) is 0 Å². The Kier molecular flexibility index (Phi) is 6.96. The zero-order valence-corrected chi connectivity index (χ0v) is 10.0. The summed E-state index contributed by atoms with van der Waals surface area (Å²) in [6.07, 6.45) is 4.55. The first-order chi connectivity index (χ1) is 8.42. The standard InChI is InChI=1S/C11H16N2O5/c1-3-7-13(4-2)11(18)12-8(10(16)17)5-6-9(14)15/h1,8H,4-7H2,2H3,(H,12,18)(H,14,15)(H,16,17)/t8-/m0/s1. The van der Waals surface area contributed by atoms with E-state index in [-0.39, 0.29) is 19.4 Å². The van der Waals surface area contributed by atoms with E-state index < -0.39 is 24.0 Å². The van der Waals surface area contributed by atoms with Gasteiger partial charge in [0.05, 0.1) is 6.54 Å². The number of carbonyl (C=O) groups is 3. The molecule has 3 N–H and O–H groups in total. The van der Waals surface area contributed by atoms with Crippen LogP contribution in [-0.4, -0.2) is 52.2 Å². The van der Waals surface area contributed by atoms with Crippen LogP contribution < -0.4 is 5.32 Å². The number of nitrogens with zero attached hydrogens (tertiary/aromatic N) is 1. The number of terminal acetylenes is 1. The molecule has 0 unspecified atom stereocenters. The van der Waals surface area contributed by atoms with Gasteiger partial charge in [-0.2, -0.15) is 0 Å². The van der Waals surface area contributed by atoms with Crippen LogP contribution in [0.4, 0.5) is 4.79 Å². The Hall–Kier alpha value is -2.23. The van der Waals surface area contributed by atoms with Gasteiger partial charge >= 0.3 is 18.0 Å². The average molecular weight is 256 g/mol. The fraction of sp³-hybridized carbons (Fsp3) is 0.545. The fourth-order valence-corrected chi connectivity index (χ4v) is 1.20. The van der Waals surface area contributed by atoms with Gasteiger partial charge in [-0.25, -0.2) is 9.59 Å². The van der Waals surface area contributed by atoms with Gasteiger partial charge in [-0.15, -0.1) is 6.42 Å². The summed E-state index contributed by atoms with van der Waals surface area (Å²) in [5, 5.41) is 19.6. The predicted octanol–water partition coefficient (Wildman–Crippen LogP) is -0.0309. The highest BCUT2D eigenvalue weighted by Gasteiger charge is 2.22. The van der Waals surface area contributed by atoms with E-state index in [2.05, 4.69) is 11.2 Å². The number of amides is 2. The second-order valence-electron chi connectivity index (χ2n) is 3.49. The molecule has 0 saturated heterocycles. The van der Waals surface area contributed by atoms with Crippen molar-refractivity contribution in [2.45, 2.75) is 25.8 Å². The first-order valence-electron chi connectivity index (χ1n) is 5.35. The molecule has 0 radical (unpaired) electrons. The van der Waals surface area contributed by atoms with E-state index in [9.17, 15) is 14.4 Å².